The Hall–Kier alpha value is -0.830. The van der Waals surface area contributed by atoms with Crippen LogP contribution in [0.2, 0.25) is 0 Å². The predicted molar refractivity (Wildman–Crippen MR) is 70.1 cm³/mol. The summed E-state index contributed by atoms with van der Waals surface area (Å²) in [5.74, 6) is 0. The molecule has 1 aromatic carbocycles. The Balaban J connectivity index is 2.95. The summed E-state index contributed by atoms with van der Waals surface area (Å²) in [4.78, 5) is 6.51. The molecule has 0 amide bonds. The molecular formula is C12H17BrN2. The molecule has 0 spiro atoms. The van der Waals surface area contributed by atoms with E-state index in [2.05, 4.69) is 58.7 Å². The highest BCUT2D eigenvalue weighted by Crippen LogP contribution is 2.26. The molecule has 15 heavy (non-hydrogen) atoms. The lowest BCUT2D eigenvalue weighted by atomic mass is 10.1. The van der Waals surface area contributed by atoms with Gasteiger partial charge in [-0.2, -0.15) is 0 Å². The van der Waals surface area contributed by atoms with E-state index in [1.165, 1.54) is 11.1 Å². The van der Waals surface area contributed by atoms with E-state index in [1.54, 1.807) is 0 Å². The maximum absolute atomic E-state index is 4.46. The number of aryl methyl sites for hydroxylation is 2. The zero-order chi connectivity index (χ0) is 11.4. The number of hydrogen-bond acceptors (Lipinski definition) is 1. The monoisotopic (exact) mass is 268 g/mol. The Morgan fingerprint density at radius 1 is 1.33 bits per heavy atom. The second kappa shape index (κ2) is 5.31. The fraction of sp³-hybridized carbons (Fsp3) is 0.417. The Bertz CT molecular complexity index is 372. The van der Waals surface area contributed by atoms with E-state index >= 15 is 0 Å². The number of halogens is 1. The summed E-state index contributed by atoms with van der Waals surface area (Å²) in [6.07, 6.45) is 1.87. The van der Waals surface area contributed by atoms with Crippen LogP contribution < -0.4 is 0 Å². The molecule has 1 aromatic rings. The topological polar surface area (TPSA) is 15.6 Å². The molecule has 0 unspecified atom stereocenters. The second-order valence-corrected chi connectivity index (χ2v) is 4.56. The van der Waals surface area contributed by atoms with Gasteiger partial charge in [-0.25, -0.2) is 4.99 Å². The summed E-state index contributed by atoms with van der Waals surface area (Å²) in [5, 5.41) is 0. The third kappa shape index (κ3) is 3.34. The van der Waals surface area contributed by atoms with Gasteiger partial charge < -0.3 is 4.90 Å². The molecule has 0 atom stereocenters. The van der Waals surface area contributed by atoms with Gasteiger partial charge in [0, 0.05) is 18.1 Å². The molecule has 2 nitrogen and oxygen atoms in total. The first-order valence-electron chi connectivity index (χ1n) is 5.05. The van der Waals surface area contributed by atoms with Gasteiger partial charge >= 0.3 is 0 Å². The van der Waals surface area contributed by atoms with Crippen LogP contribution in [0.5, 0.6) is 0 Å². The van der Waals surface area contributed by atoms with E-state index in [1.807, 2.05) is 13.4 Å². The van der Waals surface area contributed by atoms with Gasteiger partial charge in [0.15, 0.2) is 0 Å². The molecule has 0 aliphatic carbocycles. The molecule has 0 bridgehead atoms. The summed E-state index contributed by atoms with van der Waals surface area (Å²) in [5.41, 5.74) is 3.44. The molecule has 0 aliphatic rings. The quantitative estimate of drug-likeness (QED) is 0.603. The largest absolute Gasteiger partial charge is 0.366 e. The molecular weight excluding hydrogens is 252 g/mol. The smallest absolute Gasteiger partial charge is 0.0909 e. The Morgan fingerprint density at radius 3 is 2.60 bits per heavy atom. The minimum absolute atomic E-state index is 0.970. The van der Waals surface area contributed by atoms with Crippen LogP contribution in [-0.4, -0.2) is 24.8 Å². The first-order valence-corrected chi connectivity index (χ1v) is 5.85. The van der Waals surface area contributed by atoms with Crippen molar-refractivity contribution in [3.05, 3.63) is 27.7 Å². The van der Waals surface area contributed by atoms with Crippen molar-refractivity contribution >= 4 is 28.0 Å². The average Bonchev–Trinajstić information content (AvgIpc) is 2.21. The Kier molecular flexibility index (Phi) is 4.33. The van der Waals surface area contributed by atoms with Crippen LogP contribution in [-0.2, 0) is 0 Å². The van der Waals surface area contributed by atoms with Crippen LogP contribution >= 0.6 is 15.9 Å². The zero-order valence-corrected chi connectivity index (χ0v) is 11.3. The molecule has 0 heterocycles. The van der Waals surface area contributed by atoms with Crippen LogP contribution in [0.15, 0.2) is 21.6 Å². The van der Waals surface area contributed by atoms with E-state index in [4.69, 9.17) is 0 Å². The molecule has 0 saturated heterocycles. The van der Waals surface area contributed by atoms with Gasteiger partial charge in [-0.05, 0) is 44.0 Å². The van der Waals surface area contributed by atoms with Gasteiger partial charge in [-0.1, -0.05) is 15.9 Å². The van der Waals surface area contributed by atoms with Crippen molar-refractivity contribution in [1.82, 2.24) is 4.90 Å². The second-order valence-electron chi connectivity index (χ2n) is 3.71. The summed E-state index contributed by atoms with van der Waals surface area (Å²) in [7, 11) is 2.02. The van der Waals surface area contributed by atoms with Crippen molar-refractivity contribution < 1.29 is 0 Å². The maximum atomic E-state index is 4.46. The number of benzene rings is 1. The number of aliphatic imine (C=N–C) groups is 1. The lowest BCUT2D eigenvalue weighted by Crippen LogP contribution is -2.14. The SMILES string of the molecule is CCN(C)C=Nc1cc(C)c(Br)cc1C. The Morgan fingerprint density at radius 2 is 2.00 bits per heavy atom. The number of rotatable bonds is 3. The highest BCUT2D eigenvalue weighted by Gasteiger charge is 2.00. The maximum Gasteiger partial charge on any atom is 0.0909 e. The summed E-state index contributed by atoms with van der Waals surface area (Å²) in [6, 6.07) is 4.20. The number of hydrogen-bond donors (Lipinski definition) is 0. The highest BCUT2D eigenvalue weighted by molar-refractivity contribution is 9.10. The van der Waals surface area contributed by atoms with E-state index in [0.29, 0.717) is 0 Å². The van der Waals surface area contributed by atoms with Crippen molar-refractivity contribution in [2.24, 2.45) is 4.99 Å². The molecule has 0 radical (unpaired) electrons. The van der Waals surface area contributed by atoms with Gasteiger partial charge in [0.05, 0.1) is 12.0 Å². The van der Waals surface area contributed by atoms with Crippen molar-refractivity contribution in [3.63, 3.8) is 0 Å². The minimum atomic E-state index is 0.970. The lowest BCUT2D eigenvalue weighted by molar-refractivity contribution is 0.552. The van der Waals surface area contributed by atoms with Crippen molar-refractivity contribution in [1.29, 1.82) is 0 Å². The summed E-state index contributed by atoms with van der Waals surface area (Å²) < 4.78 is 1.14. The fourth-order valence-electron chi connectivity index (χ4n) is 1.15. The first kappa shape index (κ1) is 12.2. The van der Waals surface area contributed by atoms with E-state index < -0.39 is 0 Å². The highest BCUT2D eigenvalue weighted by atomic mass is 79.9. The Labute approximate surface area is 100 Å². The molecule has 0 N–H and O–H groups in total. The lowest BCUT2D eigenvalue weighted by Gasteiger charge is -2.09. The van der Waals surface area contributed by atoms with Gasteiger partial charge in [-0.15, -0.1) is 0 Å². The van der Waals surface area contributed by atoms with E-state index in [9.17, 15) is 0 Å². The van der Waals surface area contributed by atoms with E-state index in [-0.39, 0.29) is 0 Å². The van der Waals surface area contributed by atoms with Crippen molar-refractivity contribution in [3.8, 4) is 0 Å². The molecule has 3 heteroatoms. The molecule has 0 fully saturated rings. The van der Waals surface area contributed by atoms with Gasteiger partial charge in [-0.3, -0.25) is 0 Å². The van der Waals surface area contributed by atoms with Gasteiger partial charge in [0.25, 0.3) is 0 Å². The van der Waals surface area contributed by atoms with Gasteiger partial charge in [0.2, 0.25) is 0 Å². The molecule has 82 valence electrons. The van der Waals surface area contributed by atoms with Crippen molar-refractivity contribution in [2.75, 3.05) is 13.6 Å². The molecule has 0 aliphatic heterocycles. The standard InChI is InChI=1S/C12H17BrN2/c1-5-15(4)8-14-12-7-9(2)11(13)6-10(12)3/h6-8H,5H2,1-4H3. The van der Waals surface area contributed by atoms with Crippen LogP contribution in [0.25, 0.3) is 0 Å². The zero-order valence-electron chi connectivity index (χ0n) is 9.71. The average molecular weight is 269 g/mol. The molecule has 0 saturated carbocycles. The third-order valence-electron chi connectivity index (χ3n) is 2.37. The van der Waals surface area contributed by atoms with Crippen molar-refractivity contribution in [2.45, 2.75) is 20.8 Å². The first-order chi connectivity index (χ1) is 7.04. The third-order valence-corrected chi connectivity index (χ3v) is 3.22. The van der Waals surface area contributed by atoms with Crippen LogP contribution in [0.1, 0.15) is 18.1 Å². The fourth-order valence-corrected chi connectivity index (χ4v) is 1.61. The summed E-state index contributed by atoms with van der Waals surface area (Å²) >= 11 is 3.51. The van der Waals surface area contributed by atoms with Gasteiger partial charge in [0.1, 0.15) is 0 Å². The van der Waals surface area contributed by atoms with E-state index in [0.717, 1.165) is 16.7 Å². The van der Waals surface area contributed by atoms with Crippen LogP contribution in [0, 0.1) is 13.8 Å². The summed E-state index contributed by atoms with van der Waals surface area (Å²) in [6.45, 7) is 7.22. The molecule has 1 rings (SSSR count). The predicted octanol–water partition coefficient (Wildman–Crippen LogP) is 3.68. The minimum Gasteiger partial charge on any atom is -0.366 e. The van der Waals surface area contributed by atoms with Crippen LogP contribution in [0.4, 0.5) is 5.69 Å². The number of nitrogens with zero attached hydrogens (tertiary/aromatic N) is 2. The van der Waals surface area contributed by atoms with Crippen LogP contribution in [0.3, 0.4) is 0 Å². The molecule has 0 aromatic heterocycles. The normalized spacial score (nSPS) is 11.0.